The van der Waals surface area contributed by atoms with Crippen LogP contribution >= 0.6 is 24.0 Å². The molecular weight excluding hydrogens is 523 g/mol. The Morgan fingerprint density at radius 3 is 2.60 bits per heavy atom. The number of piperazine rings is 1. The summed E-state index contributed by atoms with van der Waals surface area (Å²) in [7, 11) is -1.66. The van der Waals surface area contributed by atoms with Gasteiger partial charge in [0.15, 0.2) is 5.96 Å². The smallest absolute Gasteiger partial charge is 0.216 e. The van der Waals surface area contributed by atoms with Gasteiger partial charge in [0.05, 0.1) is 37.9 Å². The predicted molar refractivity (Wildman–Crippen MR) is 128 cm³/mol. The lowest BCUT2D eigenvalue weighted by Gasteiger charge is -2.36. The molecule has 1 fully saturated rings. The molecule has 174 valence electrons. The third-order valence-electron chi connectivity index (χ3n) is 4.52. The molecule has 1 aromatic rings. The summed E-state index contributed by atoms with van der Waals surface area (Å²) in [6.07, 6.45) is 2.44. The van der Waals surface area contributed by atoms with Crippen molar-refractivity contribution in [3.05, 3.63) is 24.2 Å². The lowest BCUT2D eigenvalue weighted by Crippen LogP contribution is -2.54. The molecule has 0 amide bonds. The summed E-state index contributed by atoms with van der Waals surface area (Å²) < 4.78 is 42.4. The van der Waals surface area contributed by atoms with Gasteiger partial charge in [-0.15, -0.1) is 24.0 Å². The monoisotopic (exact) mass is 558 g/mol. The zero-order chi connectivity index (χ0) is 21.1. The highest BCUT2D eigenvalue weighted by Crippen LogP contribution is 2.09. The van der Waals surface area contributed by atoms with E-state index in [9.17, 15) is 8.42 Å². The molecule has 1 aliphatic rings. The number of guanidine groups is 1. The molecular formula is C19H35IN4O5S. The van der Waals surface area contributed by atoms with Crippen molar-refractivity contribution in [1.82, 2.24) is 14.5 Å². The number of furan rings is 1. The Morgan fingerprint density at radius 1 is 1.27 bits per heavy atom. The standard InChI is InChI=1S/C19H34N4O5S.HI/c1-17(2)27-15-16-29(24,25)23-11-9-22(10-12-23)19(21-8-14-26-3)20-7-6-18-5-4-13-28-18;/h4-5,13,17H,6-12,14-16H2,1-3H3,(H,20,21);1H. The van der Waals surface area contributed by atoms with Gasteiger partial charge in [-0.25, -0.2) is 8.42 Å². The van der Waals surface area contributed by atoms with Crippen molar-refractivity contribution >= 4 is 40.0 Å². The number of hydrogen-bond donors (Lipinski definition) is 1. The summed E-state index contributed by atoms with van der Waals surface area (Å²) in [6, 6.07) is 3.81. The fourth-order valence-electron chi connectivity index (χ4n) is 2.96. The second-order valence-corrected chi connectivity index (χ2v) is 9.16. The molecule has 0 unspecified atom stereocenters. The van der Waals surface area contributed by atoms with Crippen molar-refractivity contribution in [2.75, 3.05) is 65.3 Å². The topological polar surface area (TPSA) is 96.6 Å². The molecule has 1 aromatic heterocycles. The number of methoxy groups -OCH3 is 1. The van der Waals surface area contributed by atoms with E-state index in [-0.39, 0.29) is 42.4 Å². The molecule has 9 nitrogen and oxygen atoms in total. The second-order valence-electron chi connectivity index (χ2n) is 7.08. The maximum absolute atomic E-state index is 12.5. The van der Waals surface area contributed by atoms with E-state index in [4.69, 9.17) is 13.9 Å². The quantitative estimate of drug-likeness (QED) is 0.190. The number of nitrogens with one attached hydrogen (secondary N) is 1. The van der Waals surface area contributed by atoms with E-state index in [1.54, 1.807) is 17.7 Å². The molecule has 0 saturated carbocycles. The molecule has 11 heteroatoms. The minimum absolute atomic E-state index is 0. The molecule has 30 heavy (non-hydrogen) atoms. The Morgan fingerprint density at radius 2 is 2.00 bits per heavy atom. The van der Waals surface area contributed by atoms with Crippen molar-refractivity contribution in [2.24, 2.45) is 4.99 Å². The third kappa shape index (κ3) is 9.50. The zero-order valence-electron chi connectivity index (χ0n) is 18.1. The molecule has 2 rings (SSSR count). The highest BCUT2D eigenvalue weighted by atomic mass is 127. The first-order valence-corrected chi connectivity index (χ1v) is 11.7. The van der Waals surface area contributed by atoms with Gasteiger partial charge in [0, 0.05) is 46.3 Å². The number of ether oxygens (including phenoxy) is 2. The van der Waals surface area contributed by atoms with Crippen molar-refractivity contribution in [3.8, 4) is 0 Å². The molecule has 1 saturated heterocycles. The molecule has 0 atom stereocenters. The molecule has 1 aliphatic heterocycles. The van der Waals surface area contributed by atoms with Crippen LogP contribution in [0.15, 0.2) is 27.8 Å². The van der Waals surface area contributed by atoms with Gasteiger partial charge in [0.25, 0.3) is 0 Å². The number of halogens is 1. The third-order valence-corrected chi connectivity index (χ3v) is 6.35. The minimum atomic E-state index is -3.31. The fraction of sp³-hybridized carbons (Fsp3) is 0.737. The lowest BCUT2D eigenvalue weighted by molar-refractivity contribution is 0.0904. The SMILES string of the molecule is COCCN=C(NCCc1ccco1)N1CCN(S(=O)(=O)CCOC(C)C)CC1.I. The van der Waals surface area contributed by atoms with Gasteiger partial charge in [-0.1, -0.05) is 0 Å². The second kappa shape index (κ2) is 14.2. The number of aliphatic imine (C=N–C) groups is 1. The average molecular weight is 558 g/mol. The largest absolute Gasteiger partial charge is 0.469 e. The van der Waals surface area contributed by atoms with Gasteiger partial charge in [0.2, 0.25) is 10.0 Å². The minimum Gasteiger partial charge on any atom is -0.469 e. The predicted octanol–water partition coefficient (Wildman–Crippen LogP) is 1.40. The lowest BCUT2D eigenvalue weighted by atomic mass is 10.3. The highest BCUT2D eigenvalue weighted by molar-refractivity contribution is 14.0. The number of rotatable bonds is 11. The molecule has 1 N–H and O–H groups in total. The Labute approximate surface area is 197 Å². The summed E-state index contributed by atoms with van der Waals surface area (Å²) in [5.74, 6) is 1.70. The summed E-state index contributed by atoms with van der Waals surface area (Å²) >= 11 is 0. The number of nitrogens with zero attached hydrogens (tertiary/aromatic N) is 3. The van der Waals surface area contributed by atoms with Gasteiger partial charge in [-0.2, -0.15) is 4.31 Å². The fourth-order valence-corrected chi connectivity index (χ4v) is 4.24. The van der Waals surface area contributed by atoms with E-state index in [2.05, 4.69) is 15.2 Å². The van der Waals surface area contributed by atoms with Gasteiger partial charge in [-0.3, -0.25) is 4.99 Å². The van der Waals surface area contributed by atoms with E-state index in [1.807, 2.05) is 26.0 Å². The first kappa shape index (κ1) is 27.1. The highest BCUT2D eigenvalue weighted by Gasteiger charge is 2.28. The van der Waals surface area contributed by atoms with Crippen LogP contribution in [0.5, 0.6) is 0 Å². The number of hydrogen-bond acceptors (Lipinski definition) is 6. The zero-order valence-corrected chi connectivity index (χ0v) is 21.2. The normalized spacial score (nSPS) is 16.0. The molecule has 0 aliphatic carbocycles. The van der Waals surface area contributed by atoms with Crippen LogP contribution in [0, 0.1) is 0 Å². The molecule has 0 bridgehead atoms. The van der Waals surface area contributed by atoms with Crippen molar-refractivity contribution in [3.63, 3.8) is 0 Å². The molecule has 0 aromatic carbocycles. The van der Waals surface area contributed by atoms with Crippen LogP contribution in [0.2, 0.25) is 0 Å². The van der Waals surface area contributed by atoms with Crippen molar-refractivity contribution in [1.29, 1.82) is 0 Å². The van der Waals surface area contributed by atoms with Crippen LogP contribution < -0.4 is 5.32 Å². The van der Waals surface area contributed by atoms with E-state index in [0.29, 0.717) is 45.9 Å². The van der Waals surface area contributed by atoms with Gasteiger partial charge < -0.3 is 24.1 Å². The van der Waals surface area contributed by atoms with Crippen LogP contribution in [0.3, 0.4) is 0 Å². The summed E-state index contributed by atoms with van der Waals surface area (Å²) in [5.41, 5.74) is 0. The van der Waals surface area contributed by atoms with E-state index >= 15 is 0 Å². The Balaban J connectivity index is 0.00000450. The summed E-state index contributed by atoms with van der Waals surface area (Å²) in [4.78, 5) is 6.69. The van der Waals surface area contributed by atoms with Crippen molar-refractivity contribution < 1.29 is 22.3 Å². The molecule has 0 spiro atoms. The van der Waals surface area contributed by atoms with Crippen molar-refractivity contribution in [2.45, 2.75) is 26.4 Å². The van der Waals surface area contributed by atoms with Crippen LogP contribution in [0.1, 0.15) is 19.6 Å². The molecule has 0 radical (unpaired) electrons. The van der Waals surface area contributed by atoms with Crippen LogP contribution in [0.25, 0.3) is 0 Å². The summed E-state index contributed by atoms with van der Waals surface area (Å²) in [5, 5.41) is 3.36. The summed E-state index contributed by atoms with van der Waals surface area (Å²) in [6.45, 7) is 7.83. The van der Waals surface area contributed by atoms with Gasteiger partial charge in [-0.05, 0) is 26.0 Å². The Bertz CT molecular complexity index is 705. The van der Waals surface area contributed by atoms with Crippen LogP contribution in [-0.4, -0.2) is 95.0 Å². The van der Waals surface area contributed by atoms with Gasteiger partial charge >= 0.3 is 0 Å². The van der Waals surface area contributed by atoms with Gasteiger partial charge in [0.1, 0.15) is 5.76 Å². The Kier molecular flexibility index (Phi) is 12.9. The maximum atomic E-state index is 12.5. The molecule has 2 heterocycles. The first-order valence-electron chi connectivity index (χ1n) is 10.1. The maximum Gasteiger partial charge on any atom is 0.216 e. The van der Waals surface area contributed by atoms with E-state index < -0.39 is 10.0 Å². The first-order chi connectivity index (χ1) is 13.9. The Hall–Kier alpha value is -0.890. The average Bonchev–Trinajstić information content (AvgIpc) is 3.20. The van der Waals surface area contributed by atoms with E-state index in [0.717, 1.165) is 18.1 Å². The van der Waals surface area contributed by atoms with Crippen LogP contribution in [0.4, 0.5) is 0 Å². The number of sulfonamides is 1. The van der Waals surface area contributed by atoms with E-state index in [1.165, 1.54) is 0 Å². The van der Waals surface area contributed by atoms with Crippen LogP contribution in [-0.2, 0) is 25.9 Å².